The van der Waals surface area contributed by atoms with Crippen LogP contribution in [0.4, 0.5) is 17.8 Å². The molecule has 1 aromatic heterocycles. The molecule has 0 aromatic carbocycles. The molecule has 4 N–H and O–H groups in total. The number of thioether (sulfide) groups is 1. The SMILES string of the molecule is CSCCCNc1nc(NN)nc(N2CCCC2)n1. The standard InChI is InChI=1S/C11H21N7S/c1-19-8-4-5-13-9-14-10(17-12)16-11(15-9)18-6-2-3-7-18/h2-8,12H2,1H3,(H2,13,14,15,16,17). The molecule has 1 aliphatic rings. The van der Waals surface area contributed by atoms with E-state index in [0.717, 1.165) is 31.8 Å². The fraction of sp³-hybridized carbons (Fsp3) is 0.727. The van der Waals surface area contributed by atoms with Crippen LogP contribution >= 0.6 is 11.8 Å². The van der Waals surface area contributed by atoms with E-state index in [1.54, 1.807) is 0 Å². The second-order valence-electron chi connectivity index (χ2n) is 4.39. The van der Waals surface area contributed by atoms with Crippen LogP contribution in [-0.2, 0) is 0 Å². The number of hydrogen-bond acceptors (Lipinski definition) is 8. The fourth-order valence-corrected chi connectivity index (χ4v) is 2.42. The Morgan fingerprint density at radius 3 is 2.63 bits per heavy atom. The van der Waals surface area contributed by atoms with Crippen molar-refractivity contribution in [3.8, 4) is 0 Å². The van der Waals surface area contributed by atoms with Gasteiger partial charge in [-0.05, 0) is 31.3 Å². The molecule has 2 heterocycles. The number of hydrogen-bond donors (Lipinski definition) is 3. The van der Waals surface area contributed by atoms with Gasteiger partial charge in [-0.2, -0.15) is 26.7 Å². The van der Waals surface area contributed by atoms with Crippen LogP contribution in [0.1, 0.15) is 19.3 Å². The van der Waals surface area contributed by atoms with Gasteiger partial charge in [0.15, 0.2) is 0 Å². The lowest BCUT2D eigenvalue weighted by Gasteiger charge is -2.16. The maximum atomic E-state index is 5.41. The highest BCUT2D eigenvalue weighted by Crippen LogP contribution is 2.18. The van der Waals surface area contributed by atoms with Gasteiger partial charge in [-0.3, -0.25) is 5.43 Å². The summed E-state index contributed by atoms with van der Waals surface area (Å²) in [5.74, 6) is 8.23. The van der Waals surface area contributed by atoms with Gasteiger partial charge in [0.05, 0.1) is 0 Å². The van der Waals surface area contributed by atoms with Crippen LogP contribution in [0.5, 0.6) is 0 Å². The lowest BCUT2D eigenvalue weighted by atomic mass is 10.4. The summed E-state index contributed by atoms with van der Waals surface area (Å²) in [6.45, 7) is 2.86. The molecule has 8 heteroatoms. The average molecular weight is 283 g/mol. The van der Waals surface area contributed by atoms with Gasteiger partial charge < -0.3 is 10.2 Å². The summed E-state index contributed by atoms with van der Waals surface area (Å²) in [6.07, 6.45) is 5.56. The lowest BCUT2D eigenvalue weighted by molar-refractivity contribution is 0.871. The van der Waals surface area contributed by atoms with Gasteiger partial charge in [0.1, 0.15) is 0 Å². The van der Waals surface area contributed by atoms with Gasteiger partial charge in [-0.25, -0.2) is 5.84 Å². The van der Waals surface area contributed by atoms with Gasteiger partial charge in [-0.15, -0.1) is 0 Å². The first kappa shape index (κ1) is 14.1. The van der Waals surface area contributed by atoms with E-state index in [9.17, 15) is 0 Å². The predicted octanol–water partition coefficient (Wildman–Crippen LogP) is 0.922. The molecular formula is C11H21N7S. The maximum Gasteiger partial charge on any atom is 0.243 e. The van der Waals surface area contributed by atoms with Gasteiger partial charge >= 0.3 is 0 Å². The van der Waals surface area contributed by atoms with E-state index in [4.69, 9.17) is 5.84 Å². The van der Waals surface area contributed by atoms with E-state index in [0.29, 0.717) is 17.8 Å². The highest BCUT2D eigenvalue weighted by atomic mass is 32.2. The average Bonchev–Trinajstić information content (AvgIpc) is 2.97. The molecule has 1 aromatic rings. The number of anilines is 3. The fourth-order valence-electron chi connectivity index (χ4n) is 1.98. The summed E-state index contributed by atoms with van der Waals surface area (Å²) in [5, 5.41) is 3.22. The Morgan fingerprint density at radius 2 is 1.95 bits per heavy atom. The molecule has 106 valence electrons. The molecule has 7 nitrogen and oxygen atoms in total. The quantitative estimate of drug-likeness (QED) is 0.386. The Bertz CT molecular complexity index is 395. The van der Waals surface area contributed by atoms with Crippen molar-refractivity contribution in [1.82, 2.24) is 15.0 Å². The predicted molar refractivity (Wildman–Crippen MR) is 80.6 cm³/mol. The molecule has 0 radical (unpaired) electrons. The Morgan fingerprint density at radius 1 is 1.21 bits per heavy atom. The van der Waals surface area contributed by atoms with E-state index < -0.39 is 0 Å². The van der Waals surface area contributed by atoms with E-state index in [2.05, 4.69) is 36.9 Å². The van der Waals surface area contributed by atoms with Crippen molar-refractivity contribution in [3.05, 3.63) is 0 Å². The molecule has 1 fully saturated rings. The number of nitrogens with two attached hydrogens (primary N) is 1. The third-order valence-corrected chi connectivity index (χ3v) is 3.65. The summed E-state index contributed by atoms with van der Waals surface area (Å²) in [6, 6.07) is 0. The normalized spacial score (nSPS) is 14.7. The number of rotatable bonds is 7. The second kappa shape index (κ2) is 7.34. The molecule has 0 aliphatic carbocycles. The van der Waals surface area contributed by atoms with Gasteiger partial charge in [0, 0.05) is 19.6 Å². The highest BCUT2D eigenvalue weighted by molar-refractivity contribution is 7.98. The smallest absolute Gasteiger partial charge is 0.243 e. The Labute approximate surface area is 117 Å². The van der Waals surface area contributed by atoms with Crippen molar-refractivity contribution in [2.75, 3.05) is 47.3 Å². The zero-order valence-corrected chi connectivity index (χ0v) is 12.0. The van der Waals surface area contributed by atoms with Crippen LogP contribution in [-0.4, -0.2) is 46.6 Å². The molecule has 0 unspecified atom stereocenters. The number of nitrogen functional groups attached to an aromatic ring is 1. The molecule has 0 atom stereocenters. The zero-order valence-electron chi connectivity index (χ0n) is 11.2. The van der Waals surface area contributed by atoms with Crippen LogP contribution in [0.25, 0.3) is 0 Å². The maximum absolute atomic E-state index is 5.41. The van der Waals surface area contributed by atoms with E-state index in [1.807, 2.05) is 11.8 Å². The molecule has 1 aliphatic heterocycles. The van der Waals surface area contributed by atoms with Crippen molar-refractivity contribution in [2.45, 2.75) is 19.3 Å². The van der Waals surface area contributed by atoms with Crippen LogP contribution < -0.4 is 21.5 Å². The number of aromatic nitrogens is 3. The molecule has 0 saturated carbocycles. The molecule has 2 rings (SSSR count). The summed E-state index contributed by atoms with van der Waals surface area (Å²) in [7, 11) is 0. The molecule has 1 saturated heterocycles. The number of nitrogens with zero attached hydrogens (tertiary/aromatic N) is 4. The van der Waals surface area contributed by atoms with Gasteiger partial charge in [0.2, 0.25) is 17.8 Å². The molecular weight excluding hydrogens is 262 g/mol. The van der Waals surface area contributed by atoms with Crippen molar-refractivity contribution < 1.29 is 0 Å². The van der Waals surface area contributed by atoms with Crippen molar-refractivity contribution in [2.24, 2.45) is 5.84 Å². The second-order valence-corrected chi connectivity index (χ2v) is 5.38. The summed E-state index contributed by atoms with van der Waals surface area (Å²) in [5.41, 5.74) is 2.50. The van der Waals surface area contributed by atoms with Gasteiger partial charge in [-0.1, -0.05) is 0 Å². The van der Waals surface area contributed by atoms with Crippen LogP contribution in [0.3, 0.4) is 0 Å². The van der Waals surface area contributed by atoms with Crippen LogP contribution in [0.2, 0.25) is 0 Å². The third kappa shape index (κ3) is 4.10. The van der Waals surface area contributed by atoms with Crippen molar-refractivity contribution in [3.63, 3.8) is 0 Å². The van der Waals surface area contributed by atoms with Crippen LogP contribution in [0.15, 0.2) is 0 Å². The van der Waals surface area contributed by atoms with Gasteiger partial charge in [0.25, 0.3) is 0 Å². The van der Waals surface area contributed by atoms with E-state index in [1.165, 1.54) is 12.8 Å². The first-order valence-corrected chi connectivity index (χ1v) is 7.93. The highest BCUT2D eigenvalue weighted by Gasteiger charge is 2.17. The summed E-state index contributed by atoms with van der Waals surface area (Å²) in [4.78, 5) is 15.1. The zero-order chi connectivity index (χ0) is 13.5. The largest absolute Gasteiger partial charge is 0.354 e. The minimum atomic E-state index is 0.407. The number of hydrazine groups is 1. The lowest BCUT2D eigenvalue weighted by Crippen LogP contribution is -2.23. The summed E-state index contributed by atoms with van der Waals surface area (Å²) >= 11 is 1.83. The summed E-state index contributed by atoms with van der Waals surface area (Å²) < 4.78 is 0. The minimum Gasteiger partial charge on any atom is -0.354 e. The molecule has 19 heavy (non-hydrogen) atoms. The molecule has 0 spiro atoms. The van der Waals surface area contributed by atoms with Crippen molar-refractivity contribution in [1.29, 1.82) is 0 Å². The first-order chi connectivity index (χ1) is 9.33. The monoisotopic (exact) mass is 283 g/mol. The Hall–Kier alpha value is -1.28. The van der Waals surface area contributed by atoms with Crippen molar-refractivity contribution >= 4 is 29.6 Å². The molecule has 0 bridgehead atoms. The third-order valence-electron chi connectivity index (χ3n) is 2.95. The van der Waals surface area contributed by atoms with E-state index in [-0.39, 0.29) is 0 Å². The Balaban J connectivity index is 2.02. The Kier molecular flexibility index (Phi) is 5.46. The molecule has 0 amide bonds. The van der Waals surface area contributed by atoms with E-state index >= 15 is 0 Å². The minimum absolute atomic E-state index is 0.407. The van der Waals surface area contributed by atoms with Crippen LogP contribution in [0, 0.1) is 0 Å². The first-order valence-electron chi connectivity index (χ1n) is 6.54. The topological polar surface area (TPSA) is 92.0 Å². The number of nitrogens with one attached hydrogen (secondary N) is 2.